The average molecular weight is 460 g/mol. The molecular weight excluding hydrogens is 430 g/mol. The molecule has 3 heterocycles. The van der Waals surface area contributed by atoms with Crippen LogP contribution in [-0.4, -0.2) is 67.8 Å². The molecule has 0 amide bonds. The topological polar surface area (TPSA) is 71.0 Å². The normalized spacial score (nSPS) is 16.2. The summed E-state index contributed by atoms with van der Waals surface area (Å²) in [5.41, 5.74) is 3.46. The highest BCUT2D eigenvalue weighted by atomic mass is 16.7. The van der Waals surface area contributed by atoms with Crippen LogP contribution in [0.5, 0.6) is 5.75 Å². The lowest BCUT2D eigenvalue weighted by Gasteiger charge is -2.37. The summed E-state index contributed by atoms with van der Waals surface area (Å²) < 4.78 is 10.9. The minimum atomic E-state index is 0.218. The first-order valence-electron chi connectivity index (χ1n) is 11.6. The number of carbonyl (C=O) groups is 1. The first-order chi connectivity index (χ1) is 16.8. The molecule has 2 aliphatic rings. The van der Waals surface area contributed by atoms with Gasteiger partial charge in [0.05, 0.1) is 12.2 Å². The molecule has 0 N–H and O–H groups in total. The number of aldehydes is 1. The number of hydrogen-bond acceptors (Lipinski definition) is 8. The van der Waals surface area contributed by atoms with Gasteiger partial charge in [-0.15, -0.1) is 0 Å². The van der Waals surface area contributed by atoms with Crippen LogP contribution >= 0.6 is 0 Å². The number of anilines is 2. The van der Waals surface area contributed by atoms with Crippen molar-refractivity contribution < 1.29 is 14.3 Å². The fourth-order valence-corrected chi connectivity index (χ4v) is 4.79. The maximum Gasteiger partial charge on any atom is 0.188 e. The highest BCUT2D eigenvalue weighted by molar-refractivity contribution is 5.95. The number of methoxy groups -OCH3 is 1. The van der Waals surface area contributed by atoms with E-state index in [1.165, 1.54) is 10.9 Å². The zero-order chi connectivity index (χ0) is 23.3. The van der Waals surface area contributed by atoms with E-state index in [0.717, 1.165) is 80.3 Å². The molecule has 8 heteroatoms. The predicted molar refractivity (Wildman–Crippen MR) is 132 cm³/mol. The largest absolute Gasteiger partial charge is 0.467 e. The van der Waals surface area contributed by atoms with E-state index >= 15 is 0 Å². The van der Waals surface area contributed by atoms with Gasteiger partial charge in [0, 0.05) is 68.7 Å². The number of aromatic nitrogens is 2. The molecular formula is C26H29N5O3. The number of benzene rings is 2. The van der Waals surface area contributed by atoms with Crippen LogP contribution in [0.3, 0.4) is 0 Å². The summed E-state index contributed by atoms with van der Waals surface area (Å²) in [7, 11) is 1.63. The van der Waals surface area contributed by atoms with Gasteiger partial charge in [0.25, 0.3) is 0 Å². The number of ether oxygens (including phenoxy) is 2. The van der Waals surface area contributed by atoms with Gasteiger partial charge in [-0.3, -0.25) is 4.79 Å². The van der Waals surface area contributed by atoms with Gasteiger partial charge < -0.3 is 24.2 Å². The van der Waals surface area contributed by atoms with Crippen LogP contribution in [0.4, 0.5) is 11.5 Å². The molecule has 2 aliphatic heterocycles. The van der Waals surface area contributed by atoms with E-state index in [0.29, 0.717) is 0 Å². The quantitative estimate of drug-likeness (QED) is 0.303. The van der Waals surface area contributed by atoms with Crippen molar-refractivity contribution in [3.8, 4) is 5.75 Å². The third-order valence-electron chi connectivity index (χ3n) is 6.47. The van der Waals surface area contributed by atoms with Crippen LogP contribution in [0.1, 0.15) is 11.3 Å². The lowest BCUT2D eigenvalue weighted by Crippen LogP contribution is -2.45. The Hall–Kier alpha value is -3.65. The van der Waals surface area contributed by atoms with Gasteiger partial charge in [-0.2, -0.15) is 0 Å². The van der Waals surface area contributed by atoms with E-state index in [4.69, 9.17) is 9.47 Å². The van der Waals surface area contributed by atoms with E-state index in [2.05, 4.69) is 55.0 Å². The van der Waals surface area contributed by atoms with Crippen molar-refractivity contribution in [1.29, 1.82) is 0 Å². The molecule has 0 atom stereocenters. The molecule has 34 heavy (non-hydrogen) atoms. The fourth-order valence-electron chi connectivity index (χ4n) is 4.79. The lowest BCUT2D eigenvalue weighted by atomic mass is 10.0. The first kappa shape index (κ1) is 22.2. The summed E-state index contributed by atoms with van der Waals surface area (Å²) >= 11 is 0. The summed E-state index contributed by atoms with van der Waals surface area (Å²) in [5.74, 6) is 1.84. The standard InChI is InChI=1S/C26H29N5O3/c1-33-19-34-21-15-20-5-2-3-6-22(20)25(16-21)31-9-7-23-24(17-31)27-18-28-26(23)30-12-10-29(11-13-30)8-4-14-32/h2-6,8,14-16,18H,7,9-13,17,19H2,1H3. The van der Waals surface area contributed by atoms with Crippen LogP contribution < -0.4 is 14.5 Å². The lowest BCUT2D eigenvalue weighted by molar-refractivity contribution is -0.104. The zero-order valence-electron chi connectivity index (χ0n) is 19.4. The third kappa shape index (κ3) is 4.54. The molecule has 5 rings (SSSR count). The Balaban J connectivity index is 1.39. The van der Waals surface area contributed by atoms with Crippen molar-refractivity contribution in [2.75, 3.05) is 56.4 Å². The number of carbonyl (C=O) groups excluding carboxylic acids is 1. The van der Waals surface area contributed by atoms with Crippen molar-refractivity contribution in [2.45, 2.75) is 13.0 Å². The van der Waals surface area contributed by atoms with Gasteiger partial charge in [0.2, 0.25) is 0 Å². The highest BCUT2D eigenvalue weighted by Crippen LogP contribution is 2.36. The second-order valence-corrected chi connectivity index (χ2v) is 8.51. The molecule has 3 aromatic rings. The molecule has 0 aliphatic carbocycles. The van der Waals surface area contributed by atoms with E-state index in [-0.39, 0.29) is 6.79 Å². The number of fused-ring (bicyclic) bond motifs is 2. The van der Waals surface area contributed by atoms with Gasteiger partial charge in [0.15, 0.2) is 6.79 Å². The van der Waals surface area contributed by atoms with Crippen LogP contribution in [0, 0.1) is 0 Å². The molecule has 0 bridgehead atoms. The third-order valence-corrected chi connectivity index (χ3v) is 6.47. The Bertz CT molecular complexity index is 1190. The number of piperazine rings is 1. The number of rotatable bonds is 7. The molecule has 1 fully saturated rings. The maximum atomic E-state index is 10.6. The van der Waals surface area contributed by atoms with Gasteiger partial charge in [0.1, 0.15) is 24.2 Å². The molecule has 0 radical (unpaired) electrons. The van der Waals surface area contributed by atoms with E-state index in [9.17, 15) is 4.79 Å². The minimum Gasteiger partial charge on any atom is -0.467 e. The summed E-state index contributed by atoms with van der Waals surface area (Å²) in [6, 6.07) is 12.5. The molecule has 0 unspecified atom stereocenters. The molecule has 2 aromatic carbocycles. The van der Waals surface area contributed by atoms with E-state index < -0.39 is 0 Å². The average Bonchev–Trinajstić information content (AvgIpc) is 2.90. The number of hydrogen-bond donors (Lipinski definition) is 0. The Labute approximate surface area is 199 Å². The summed E-state index contributed by atoms with van der Waals surface area (Å²) in [6.45, 7) is 5.32. The summed E-state index contributed by atoms with van der Waals surface area (Å²) in [6.07, 6.45) is 6.81. The number of allylic oxidation sites excluding steroid dienone is 1. The molecule has 176 valence electrons. The van der Waals surface area contributed by atoms with E-state index in [1.54, 1.807) is 19.5 Å². The predicted octanol–water partition coefficient (Wildman–Crippen LogP) is 3.01. The van der Waals surface area contributed by atoms with Crippen molar-refractivity contribution in [2.24, 2.45) is 0 Å². The molecule has 1 aromatic heterocycles. The first-order valence-corrected chi connectivity index (χ1v) is 11.6. The van der Waals surface area contributed by atoms with Crippen LogP contribution in [0.15, 0.2) is 55.0 Å². The summed E-state index contributed by atoms with van der Waals surface area (Å²) in [4.78, 5) is 26.8. The van der Waals surface area contributed by atoms with Crippen LogP contribution in [0.2, 0.25) is 0 Å². The van der Waals surface area contributed by atoms with Crippen molar-refractivity contribution in [3.63, 3.8) is 0 Å². The van der Waals surface area contributed by atoms with Crippen molar-refractivity contribution in [1.82, 2.24) is 14.9 Å². The monoisotopic (exact) mass is 459 g/mol. The minimum absolute atomic E-state index is 0.218. The van der Waals surface area contributed by atoms with Gasteiger partial charge in [-0.1, -0.05) is 24.3 Å². The SMILES string of the molecule is COCOc1cc(N2CCc3c(ncnc3N3CCN(C=CC=O)CC3)C2)c2ccccc2c1. The van der Waals surface area contributed by atoms with Crippen LogP contribution in [0.25, 0.3) is 10.8 Å². The van der Waals surface area contributed by atoms with Gasteiger partial charge in [-0.05, 0) is 23.9 Å². The molecule has 8 nitrogen and oxygen atoms in total. The maximum absolute atomic E-state index is 10.6. The smallest absolute Gasteiger partial charge is 0.188 e. The molecule has 0 spiro atoms. The Morgan fingerprint density at radius 1 is 1.03 bits per heavy atom. The zero-order valence-corrected chi connectivity index (χ0v) is 19.4. The second-order valence-electron chi connectivity index (χ2n) is 8.51. The Kier molecular flexibility index (Phi) is 6.58. The van der Waals surface area contributed by atoms with Crippen molar-refractivity contribution >= 4 is 28.6 Å². The highest BCUT2D eigenvalue weighted by Gasteiger charge is 2.26. The molecule has 0 saturated carbocycles. The van der Waals surface area contributed by atoms with Crippen LogP contribution in [-0.2, 0) is 22.5 Å². The van der Waals surface area contributed by atoms with Gasteiger partial charge in [-0.25, -0.2) is 9.97 Å². The summed E-state index contributed by atoms with van der Waals surface area (Å²) in [5, 5.41) is 2.34. The van der Waals surface area contributed by atoms with E-state index in [1.807, 2.05) is 12.3 Å². The van der Waals surface area contributed by atoms with Gasteiger partial charge >= 0.3 is 0 Å². The Morgan fingerprint density at radius 2 is 1.88 bits per heavy atom. The Morgan fingerprint density at radius 3 is 2.71 bits per heavy atom. The number of nitrogens with zero attached hydrogens (tertiary/aromatic N) is 5. The molecule has 1 saturated heterocycles. The fraction of sp³-hybridized carbons (Fsp3) is 0.346. The second kappa shape index (κ2) is 10.1. The van der Waals surface area contributed by atoms with Crippen molar-refractivity contribution in [3.05, 3.63) is 66.3 Å².